The normalized spacial score (nSPS) is 10.6. The number of rotatable bonds is 4. The molecule has 0 bridgehead atoms. The number of hydrogen-bond acceptors (Lipinski definition) is 4. The van der Waals surface area contributed by atoms with Crippen LogP contribution < -0.4 is 5.32 Å². The molecule has 84 valence electrons. The molecule has 5 nitrogen and oxygen atoms in total. The van der Waals surface area contributed by atoms with Gasteiger partial charge < -0.3 is 5.32 Å². The summed E-state index contributed by atoms with van der Waals surface area (Å²) >= 11 is 3.48. The molecule has 0 atom stereocenters. The molecule has 1 aromatic heterocycles. The van der Waals surface area contributed by atoms with E-state index in [1.807, 2.05) is 0 Å². The minimum atomic E-state index is 0.617. The molecule has 16 heavy (non-hydrogen) atoms. The zero-order valence-corrected chi connectivity index (χ0v) is 10.5. The molecule has 1 aromatic carbocycles. The maximum Gasteiger partial charge on any atom is 0.188 e. The fraction of sp³-hybridized carbons (Fsp3) is 0.300. The minimum absolute atomic E-state index is 0.617. The molecule has 0 radical (unpaired) electrons. The van der Waals surface area contributed by atoms with E-state index < -0.39 is 0 Å². The van der Waals surface area contributed by atoms with E-state index in [-0.39, 0.29) is 0 Å². The number of hydrogen-bond donors (Lipinski definition) is 2. The second kappa shape index (κ2) is 5.18. The Labute approximate surface area is 102 Å². The van der Waals surface area contributed by atoms with Gasteiger partial charge in [-0.1, -0.05) is 33.3 Å². The predicted octanol–water partition coefficient (Wildman–Crippen LogP) is 1.56. The number of aromatic nitrogens is 4. The largest absolute Gasteiger partial charge is 0.306 e. The Kier molecular flexibility index (Phi) is 3.63. The van der Waals surface area contributed by atoms with E-state index in [4.69, 9.17) is 0 Å². The number of aromatic amines is 1. The van der Waals surface area contributed by atoms with Gasteiger partial charge >= 0.3 is 0 Å². The molecule has 1 heterocycles. The summed E-state index contributed by atoms with van der Waals surface area (Å²) in [5.41, 5.74) is 2.48. The molecule has 0 aliphatic heterocycles. The predicted molar refractivity (Wildman–Crippen MR) is 63.6 cm³/mol. The van der Waals surface area contributed by atoms with Gasteiger partial charge in [-0.15, -0.1) is 10.2 Å². The summed E-state index contributed by atoms with van der Waals surface area (Å²) < 4.78 is 1.13. The van der Waals surface area contributed by atoms with Crippen LogP contribution in [0.4, 0.5) is 0 Å². The number of benzene rings is 1. The molecule has 0 fully saturated rings. The van der Waals surface area contributed by atoms with Gasteiger partial charge in [0.15, 0.2) is 5.82 Å². The summed E-state index contributed by atoms with van der Waals surface area (Å²) in [5, 5.41) is 16.9. The molecule has 0 amide bonds. The molecule has 0 saturated carbocycles. The van der Waals surface area contributed by atoms with Crippen LogP contribution in [0.3, 0.4) is 0 Å². The van der Waals surface area contributed by atoms with Crippen LogP contribution in [0.25, 0.3) is 0 Å². The van der Waals surface area contributed by atoms with Crippen LogP contribution in [0.5, 0.6) is 0 Å². The SMILES string of the molecule is Cc1cc(CNCc2nn[nH]n2)ccc1Br. The third-order valence-corrected chi connectivity index (χ3v) is 3.11. The number of tetrazole rings is 1. The van der Waals surface area contributed by atoms with Crippen molar-refractivity contribution in [2.75, 3.05) is 0 Å². The lowest BCUT2D eigenvalue weighted by Crippen LogP contribution is -2.13. The number of H-pyrrole nitrogens is 1. The topological polar surface area (TPSA) is 66.5 Å². The van der Waals surface area contributed by atoms with Crippen molar-refractivity contribution in [2.24, 2.45) is 0 Å². The van der Waals surface area contributed by atoms with Gasteiger partial charge in [0.1, 0.15) is 0 Å². The quantitative estimate of drug-likeness (QED) is 0.893. The van der Waals surface area contributed by atoms with Gasteiger partial charge in [-0.3, -0.25) is 0 Å². The summed E-state index contributed by atoms with van der Waals surface area (Å²) in [4.78, 5) is 0. The second-order valence-corrected chi connectivity index (χ2v) is 4.37. The van der Waals surface area contributed by atoms with Gasteiger partial charge in [0.05, 0.1) is 6.54 Å². The Hall–Kier alpha value is -1.27. The first kappa shape index (κ1) is 11.2. The van der Waals surface area contributed by atoms with Crippen molar-refractivity contribution in [1.82, 2.24) is 25.9 Å². The van der Waals surface area contributed by atoms with E-state index in [2.05, 4.69) is 67.0 Å². The van der Waals surface area contributed by atoms with Crippen LogP contribution >= 0.6 is 15.9 Å². The highest BCUT2D eigenvalue weighted by molar-refractivity contribution is 9.10. The highest BCUT2D eigenvalue weighted by atomic mass is 79.9. The monoisotopic (exact) mass is 281 g/mol. The fourth-order valence-corrected chi connectivity index (χ4v) is 1.64. The zero-order valence-electron chi connectivity index (χ0n) is 8.87. The lowest BCUT2D eigenvalue weighted by atomic mass is 10.1. The summed E-state index contributed by atoms with van der Waals surface area (Å²) in [6.07, 6.45) is 0. The van der Waals surface area contributed by atoms with E-state index in [1.165, 1.54) is 11.1 Å². The molecule has 0 aliphatic carbocycles. The molecule has 0 unspecified atom stereocenters. The number of nitrogens with zero attached hydrogens (tertiary/aromatic N) is 3. The molecular formula is C10H12BrN5. The molecule has 2 N–H and O–H groups in total. The van der Waals surface area contributed by atoms with E-state index in [0.29, 0.717) is 12.4 Å². The summed E-state index contributed by atoms with van der Waals surface area (Å²) in [5.74, 6) is 0.675. The van der Waals surface area contributed by atoms with Gasteiger partial charge in [0.25, 0.3) is 0 Å². The first-order valence-electron chi connectivity index (χ1n) is 4.94. The number of aryl methyl sites for hydroxylation is 1. The molecule has 6 heteroatoms. The van der Waals surface area contributed by atoms with Gasteiger partial charge in [-0.25, -0.2) is 0 Å². The first-order chi connectivity index (χ1) is 7.75. The maximum absolute atomic E-state index is 3.86. The van der Waals surface area contributed by atoms with Crippen molar-refractivity contribution in [1.29, 1.82) is 0 Å². The van der Waals surface area contributed by atoms with E-state index in [1.54, 1.807) is 0 Å². The standard InChI is InChI=1S/C10H12BrN5/c1-7-4-8(2-3-9(7)11)5-12-6-10-13-15-16-14-10/h2-4,12H,5-6H2,1H3,(H,13,14,15,16). The van der Waals surface area contributed by atoms with Crippen LogP contribution in [0.1, 0.15) is 17.0 Å². The lowest BCUT2D eigenvalue weighted by Gasteiger charge is -2.04. The van der Waals surface area contributed by atoms with Crippen molar-refractivity contribution < 1.29 is 0 Å². The van der Waals surface area contributed by atoms with Gasteiger partial charge in [0.2, 0.25) is 0 Å². The Morgan fingerprint density at radius 1 is 1.38 bits per heavy atom. The molecule has 2 rings (SSSR count). The van der Waals surface area contributed by atoms with Crippen molar-refractivity contribution in [3.05, 3.63) is 39.6 Å². The van der Waals surface area contributed by atoms with Crippen LogP contribution in [0.15, 0.2) is 22.7 Å². The Bertz CT molecular complexity index is 454. The van der Waals surface area contributed by atoms with Gasteiger partial charge in [0, 0.05) is 11.0 Å². The van der Waals surface area contributed by atoms with Crippen LogP contribution in [0, 0.1) is 6.92 Å². The van der Waals surface area contributed by atoms with Crippen molar-refractivity contribution in [3.8, 4) is 0 Å². The molecule has 0 spiro atoms. The lowest BCUT2D eigenvalue weighted by molar-refractivity contribution is 0.663. The second-order valence-electron chi connectivity index (χ2n) is 3.52. The number of halogens is 1. The highest BCUT2D eigenvalue weighted by Gasteiger charge is 1.99. The zero-order chi connectivity index (χ0) is 11.4. The highest BCUT2D eigenvalue weighted by Crippen LogP contribution is 2.16. The molecule has 0 aliphatic rings. The molecule has 0 saturated heterocycles. The average molecular weight is 282 g/mol. The molecular weight excluding hydrogens is 270 g/mol. The van der Waals surface area contributed by atoms with Crippen molar-refractivity contribution in [2.45, 2.75) is 20.0 Å². The summed E-state index contributed by atoms with van der Waals surface area (Å²) in [6.45, 7) is 3.49. The van der Waals surface area contributed by atoms with Crippen molar-refractivity contribution >= 4 is 15.9 Å². The van der Waals surface area contributed by atoms with Crippen LogP contribution in [-0.2, 0) is 13.1 Å². The third kappa shape index (κ3) is 2.86. The Balaban J connectivity index is 1.87. The van der Waals surface area contributed by atoms with Gasteiger partial charge in [-0.05, 0) is 24.1 Å². The van der Waals surface area contributed by atoms with Gasteiger partial charge in [-0.2, -0.15) is 5.21 Å². The van der Waals surface area contributed by atoms with E-state index in [9.17, 15) is 0 Å². The molecule has 2 aromatic rings. The first-order valence-corrected chi connectivity index (χ1v) is 5.73. The Morgan fingerprint density at radius 3 is 2.94 bits per heavy atom. The summed E-state index contributed by atoms with van der Waals surface area (Å²) in [6, 6.07) is 6.29. The average Bonchev–Trinajstić information content (AvgIpc) is 2.76. The smallest absolute Gasteiger partial charge is 0.188 e. The minimum Gasteiger partial charge on any atom is -0.306 e. The van der Waals surface area contributed by atoms with E-state index in [0.717, 1.165) is 11.0 Å². The third-order valence-electron chi connectivity index (χ3n) is 2.22. The van der Waals surface area contributed by atoms with E-state index >= 15 is 0 Å². The fourth-order valence-electron chi connectivity index (χ4n) is 1.39. The van der Waals surface area contributed by atoms with Crippen LogP contribution in [-0.4, -0.2) is 20.6 Å². The maximum atomic E-state index is 3.86. The van der Waals surface area contributed by atoms with Crippen LogP contribution in [0.2, 0.25) is 0 Å². The van der Waals surface area contributed by atoms with Crippen molar-refractivity contribution in [3.63, 3.8) is 0 Å². The summed E-state index contributed by atoms with van der Waals surface area (Å²) in [7, 11) is 0. The Morgan fingerprint density at radius 2 is 2.25 bits per heavy atom. The number of nitrogens with one attached hydrogen (secondary N) is 2.